The zero-order valence-electron chi connectivity index (χ0n) is 23.6. The number of aromatic amines is 2. The molecule has 12 nitrogen and oxygen atoms in total. The molecule has 0 unspecified atom stereocenters. The molecule has 0 bridgehead atoms. The van der Waals surface area contributed by atoms with E-state index in [0.717, 1.165) is 36.4 Å². The standard InChI is InChI=1S/C28H22F6N6O6/c1-13(19-21(41)37-25(45)39(23(19)43)17-7-3-5-15(11-17)27(29,30)31)35-9-10-36-14(2)20-22(42)38-26(46)40(24(20)44)18-8-4-6-16(12-18)28(32,33)34/h3-8,11-12,43-44H,9-10H2,1-2H3,(H,37,41,45)(H,38,42,46). The number of alkyl halides is 6. The lowest BCUT2D eigenvalue weighted by molar-refractivity contribution is -0.138. The Kier molecular flexibility index (Phi) is 8.93. The number of hydrogen-bond donors (Lipinski definition) is 4. The van der Waals surface area contributed by atoms with E-state index in [1.54, 1.807) is 0 Å². The van der Waals surface area contributed by atoms with Gasteiger partial charge in [0.05, 0.1) is 35.6 Å². The van der Waals surface area contributed by atoms with E-state index in [0.29, 0.717) is 21.3 Å². The van der Waals surface area contributed by atoms with E-state index >= 15 is 0 Å². The highest BCUT2D eigenvalue weighted by Gasteiger charge is 2.32. The first-order valence-corrected chi connectivity index (χ1v) is 13.0. The zero-order valence-corrected chi connectivity index (χ0v) is 23.6. The topological polar surface area (TPSA) is 175 Å². The predicted molar refractivity (Wildman–Crippen MR) is 153 cm³/mol. The minimum Gasteiger partial charge on any atom is -0.493 e. The van der Waals surface area contributed by atoms with Gasteiger partial charge in [-0.25, -0.2) is 18.7 Å². The monoisotopic (exact) mass is 652 g/mol. The lowest BCUT2D eigenvalue weighted by atomic mass is 10.1. The van der Waals surface area contributed by atoms with Gasteiger partial charge in [0.25, 0.3) is 11.1 Å². The molecule has 0 amide bonds. The summed E-state index contributed by atoms with van der Waals surface area (Å²) >= 11 is 0. The Balaban J connectivity index is 1.64. The van der Waals surface area contributed by atoms with Crippen molar-refractivity contribution in [2.45, 2.75) is 26.2 Å². The predicted octanol–water partition coefficient (Wildman–Crippen LogP) is 3.13. The molecule has 4 N–H and O–H groups in total. The minimum atomic E-state index is -4.76. The van der Waals surface area contributed by atoms with Crippen LogP contribution < -0.4 is 22.5 Å². The van der Waals surface area contributed by atoms with Gasteiger partial charge in [-0.2, -0.15) is 26.3 Å². The number of H-pyrrole nitrogens is 2. The van der Waals surface area contributed by atoms with Crippen molar-refractivity contribution < 1.29 is 36.6 Å². The van der Waals surface area contributed by atoms with Crippen LogP contribution in [0.2, 0.25) is 0 Å². The third kappa shape index (κ3) is 6.69. The largest absolute Gasteiger partial charge is 0.493 e. The van der Waals surface area contributed by atoms with E-state index < -0.39 is 68.9 Å². The summed E-state index contributed by atoms with van der Waals surface area (Å²) in [4.78, 5) is 61.8. The summed E-state index contributed by atoms with van der Waals surface area (Å²) in [6.07, 6.45) is -9.51. The van der Waals surface area contributed by atoms with Crippen LogP contribution >= 0.6 is 0 Å². The summed E-state index contributed by atoms with van der Waals surface area (Å²) in [5, 5.41) is 21.4. The van der Waals surface area contributed by atoms with E-state index in [-0.39, 0.29) is 35.9 Å². The fourth-order valence-corrected chi connectivity index (χ4v) is 4.42. The molecule has 2 heterocycles. The highest BCUT2D eigenvalue weighted by atomic mass is 19.4. The summed E-state index contributed by atoms with van der Waals surface area (Å²) in [7, 11) is 0. The molecule has 4 aromatic rings. The third-order valence-electron chi connectivity index (χ3n) is 6.56. The second-order valence-electron chi connectivity index (χ2n) is 9.62. The number of halogens is 6. The van der Waals surface area contributed by atoms with Crippen molar-refractivity contribution in [1.29, 1.82) is 0 Å². The van der Waals surface area contributed by atoms with Crippen molar-refractivity contribution in [2.75, 3.05) is 13.1 Å². The van der Waals surface area contributed by atoms with Gasteiger partial charge in [-0.15, -0.1) is 0 Å². The number of hydrogen-bond acceptors (Lipinski definition) is 8. The van der Waals surface area contributed by atoms with Crippen LogP contribution in [0.3, 0.4) is 0 Å². The van der Waals surface area contributed by atoms with Gasteiger partial charge in [0, 0.05) is 11.4 Å². The fourth-order valence-electron chi connectivity index (χ4n) is 4.42. The number of nitrogens with zero attached hydrogens (tertiary/aromatic N) is 4. The van der Waals surface area contributed by atoms with Crippen LogP contribution in [-0.4, -0.2) is 53.8 Å². The summed E-state index contributed by atoms with van der Waals surface area (Å²) < 4.78 is 80.0. The molecule has 2 aromatic heterocycles. The van der Waals surface area contributed by atoms with Gasteiger partial charge in [-0.05, 0) is 50.2 Å². The summed E-state index contributed by atoms with van der Waals surface area (Å²) in [5.74, 6) is -1.97. The average Bonchev–Trinajstić information content (AvgIpc) is 2.94. The normalized spacial score (nSPS) is 12.9. The van der Waals surface area contributed by atoms with Gasteiger partial charge in [0.1, 0.15) is 11.1 Å². The molecule has 4 rings (SSSR count). The van der Waals surface area contributed by atoms with Crippen LogP contribution in [0.4, 0.5) is 26.3 Å². The molecule has 0 spiro atoms. The Bertz CT molecular complexity index is 1970. The highest BCUT2D eigenvalue weighted by Crippen LogP contribution is 2.32. The number of nitrogens with one attached hydrogen (secondary N) is 2. The quantitative estimate of drug-likeness (QED) is 0.136. The van der Waals surface area contributed by atoms with Crippen LogP contribution in [0.1, 0.15) is 36.1 Å². The van der Waals surface area contributed by atoms with Gasteiger partial charge in [0.2, 0.25) is 11.8 Å². The molecular weight excluding hydrogens is 630 g/mol. The fraction of sp³-hybridized carbons (Fsp3) is 0.214. The lowest BCUT2D eigenvalue weighted by Crippen LogP contribution is -2.33. The van der Waals surface area contributed by atoms with Crippen LogP contribution in [0, 0.1) is 0 Å². The molecule has 0 saturated heterocycles. The third-order valence-corrected chi connectivity index (χ3v) is 6.56. The van der Waals surface area contributed by atoms with Crippen molar-refractivity contribution in [3.63, 3.8) is 0 Å². The SMILES string of the molecule is CC(=NCCN=C(C)c1c(O)n(-c2cccc(C(F)(F)F)c2)c(=O)[nH]c1=O)c1c(O)n(-c2cccc(C(F)(F)F)c2)c(=O)[nH]c1=O. The first-order valence-electron chi connectivity index (χ1n) is 13.0. The molecule has 0 aliphatic heterocycles. The Morgan fingerprint density at radius 3 is 1.35 bits per heavy atom. The van der Waals surface area contributed by atoms with Gasteiger partial charge in [0.15, 0.2) is 0 Å². The van der Waals surface area contributed by atoms with Crippen molar-refractivity contribution in [3.05, 3.63) is 112 Å². The molecule has 0 atom stereocenters. The highest BCUT2D eigenvalue weighted by molar-refractivity contribution is 6.01. The molecule has 18 heteroatoms. The minimum absolute atomic E-state index is 0.147. The van der Waals surface area contributed by atoms with Gasteiger partial charge in [-0.1, -0.05) is 12.1 Å². The van der Waals surface area contributed by atoms with E-state index in [2.05, 4.69) is 9.98 Å². The molecule has 0 radical (unpaired) electrons. The van der Waals surface area contributed by atoms with E-state index in [4.69, 9.17) is 0 Å². The molecule has 0 saturated carbocycles. The van der Waals surface area contributed by atoms with Gasteiger partial charge < -0.3 is 10.2 Å². The van der Waals surface area contributed by atoms with Crippen LogP contribution in [0.15, 0.2) is 77.7 Å². The van der Waals surface area contributed by atoms with Crippen LogP contribution in [0.25, 0.3) is 11.4 Å². The molecule has 46 heavy (non-hydrogen) atoms. The summed E-state index contributed by atoms with van der Waals surface area (Å²) in [6, 6.07) is 6.92. The van der Waals surface area contributed by atoms with Crippen molar-refractivity contribution in [3.8, 4) is 23.1 Å². The maximum atomic E-state index is 13.2. The second kappa shape index (κ2) is 12.4. The molecule has 0 fully saturated rings. The van der Waals surface area contributed by atoms with Crippen molar-refractivity contribution in [1.82, 2.24) is 19.1 Å². The van der Waals surface area contributed by atoms with Crippen molar-refractivity contribution >= 4 is 11.4 Å². The lowest BCUT2D eigenvalue weighted by Gasteiger charge is -2.14. The molecule has 2 aromatic carbocycles. The Labute approximate surface area is 252 Å². The molecule has 0 aliphatic rings. The van der Waals surface area contributed by atoms with E-state index in [1.807, 2.05) is 9.97 Å². The first-order chi connectivity index (χ1) is 21.4. The van der Waals surface area contributed by atoms with Gasteiger partial charge >= 0.3 is 23.7 Å². The summed E-state index contributed by atoms with van der Waals surface area (Å²) in [6.45, 7) is 2.08. The van der Waals surface area contributed by atoms with Crippen LogP contribution in [0.5, 0.6) is 11.8 Å². The van der Waals surface area contributed by atoms with Gasteiger partial charge in [-0.3, -0.25) is 29.5 Å². The number of aromatic nitrogens is 4. The van der Waals surface area contributed by atoms with Crippen LogP contribution in [-0.2, 0) is 12.4 Å². The number of aromatic hydroxyl groups is 2. The zero-order chi connectivity index (χ0) is 34.1. The molecule has 242 valence electrons. The average molecular weight is 653 g/mol. The Morgan fingerprint density at radius 2 is 1.02 bits per heavy atom. The molecular formula is C28H22F6N6O6. The van der Waals surface area contributed by atoms with Crippen molar-refractivity contribution in [2.24, 2.45) is 9.98 Å². The van der Waals surface area contributed by atoms with E-state index in [9.17, 15) is 55.7 Å². The summed E-state index contributed by atoms with van der Waals surface area (Å²) in [5.41, 5.74) is -8.95. The number of rotatable bonds is 7. The Morgan fingerprint density at radius 1 is 0.674 bits per heavy atom. The Hall–Kier alpha value is -5.68. The molecule has 0 aliphatic carbocycles. The maximum absolute atomic E-state index is 13.2. The first kappa shape index (κ1) is 33.2. The number of aliphatic imine (C=N–C) groups is 2. The maximum Gasteiger partial charge on any atom is 0.416 e. The second-order valence-corrected chi connectivity index (χ2v) is 9.62. The smallest absolute Gasteiger partial charge is 0.416 e. The van der Waals surface area contributed by atoms with E-state index in [1.165, 1.54) is 13.8 Å². The number of benzene rings is 2.